The van der Waals surface area contributed by atoms with E-state index in [-0.39, 0.29) is 11.8 Å². The number of nitrogens with zero attached hydrogens (tertiary/aromatic N) is 1. The highest BCUT2D eigenvalue weighted by molar-refractivity contribution is 5.98. The van der Waals surface area contributed by atoms with E-state index in [0.717, 1.165) is 0 Å². The van der Waals surface area contributed by atoms with Gasteiger partial charge in [0.05, 0.1) is 5.69 Å². The van der Waals surface area contributed by atoms with Crippen molar-refractivity contribution in [2.45, 2.75) is 32.9 Å². The third-order valence-electron chi connectivity index (χ3n) is 3.57. The maximum atomic E-state index is 12.2. The SMILES string of the molecule is Cc1cc(NC(=O)C(C)Nc2ccc3c(c2)NC(=O)C(C)O3)no1. The number of hydrogen-bond donors (Lipinski definition) is 3. The molecule has 2 atom stereocenters. The average Bonchev–Trinajstić information content (AvgIpc) is 2.93. The minimum absolute atomic E-state index is 0.202. The van der Waals surface area contributed by atoms with Crippen molar-refractivity contribution in [2.75, 3.05) is 16.0 Å². The smallest absolute Gasteiger partial charge is 0.265 e. The van der Waals surface area contributed by atoms with Crippen molar-refractivity contribution >= 4 is 29.0 Å². The van der Waals surface area contributed by atoms with Crippen molar-refractivity contribution in [1.29, 1.82) is 0 Å². The third-order valence-corrected chi connectivity index (χ3v) is 3.57. The molecule has 0 spiro atoms. The topological polar surface area (TPSA) is 105 Å². The molecule has 126 valence electrons. The lowest BCUT2D eigenvalue weighted by Crippen LogP contribution is -2.34. The second-order valence-electron chi connectivity index (χ2n) is 5.64. The molecule has 0 bridgehead atoms. The van der Waals surface area contributed by atoms with Gasteiger partial charge in [0.1, 0.15) is 17.6 Å². The number of benzene rings is 1. The second-order valence-corrected chi connectivity index (χ2v) is 5.64. The first kappa shape index (κ1) is 15.9. The number of carbonyl (C=O) groups is 2. The van der Waals surface area contributed by atoms with Gasteiger partial charge >= 0.3 is 0 Å². The Morgan fingerprint density at radius 2 is 2.17 bits per heavy atom. The predicted molar refractivity (Wildman–Crippen MR) is 88.1 cm³/mol. The van der Waals surface area contributed by atoms with E-state index in [1.54, 1.807) is 45.0 Å². The maximum absolute atomic E-state index is 12.2. The van der Waals surface area contributed by atoms with Gasteiger partial charge in [-0.25, -0.2) is 0 Å². The maximum Gasteiger partial charge on any atom is 0.265 e. The molecular formula is C16H18N4O4. The fourth-order valence-corrected chi connectivity index (χ4v) is 2.27. The number of carbonyl (C=O) groups excluding carboxylic acids is 2. The summed E-state index contributed by atoms with van der Waals surface area (Å²) in [5.74, 6) is 1.13. The van der Waals surface area contributed by atoms with E-state index in [9.17, 15) is 9.59 Å². The zero-order valence-electron chi connectivity index (χ0n) is 13.5. The van der Waals surface area contributed by atoms with Gasteiger partial charge in [0.2, 0.25) is 5.91 Å². The normalized spacial score (nSPS) is 17.3. The van der Waals surface area contributed by atoms with Gasteiger partial charge in [0, 0.05) is 11.8 Å². The molecule has 2 amide bonds. The van der Waals surface area contributed by atoms with Crippen LogP contribution in [0.3, 0.4) is 0 Å². The lowest BCUT2D eigenvalue weighted by molar-refractivity contribution is -0.122. The van der Waals surface area contributed by atoms with Gasteiger partial charge in [-0.2, -0.15) is 0 Å². The van der Waals surface area contributed by atoms with Crippen LogP contribution in [0.15, 0.2) is 28.8 Å². The number of anilines is 3. The highest BCUT2D eigenvalue weighted by Crippen LogP contribution is 2.32. The van der Waals surface area contributed by atoms with Crippen LogP contribution in [-0.4, -0.2) is 29.1 Å². The first-order valence-corrected chi connectivity index (χ1v) is 7.54. The summed E-state index contributed by atoms with van der Waals surface area (Å²) in [6, 6.07) is 6.38. The zero-order valence-corrected chi connectivity index (χ0v) is 13.5. The zero-order chi connectivity index (χ0) is 17.3. The molecule has 8 heteroatoms. The largest absolute Gasteiger partial charge is 0.479 e. The van der Waals surface area contributed by atoms with Gasteiger partial charge < -0.3 is 25.2 Å². The fraction of sp³-hybridized carbons (Fsp3) is 0.312. The van der Waals surface area contributed by atoms with Crippen molar-refractivity contribution < 1.29 is 18.8 Å². The van der Waals surface area contributed by atoms with Gasteiger partial charge in [-0.05, 0) is 39.0 Å². The first-order valence-electron chi connectivity index (χ1n) is 7.54. The van der Waals surface area contributed by atoms with Crippen molar-refractivity contribution in [2.24, 2.45) is 0 Å². The standard InChI is InChI=1S/C16H18N4O4/c1-8-6-14(20-24-8)19-15(21)9(2)17-11-4-5-13-12(7-11)18-16(22)10(3)23-13/h4-7,9-10,17H,1-3H3,(H,18,22)(H,19,20,21). The molecular weight excluding hydrogens is 312 g/mol. The van der Waals surface area contributed by atoms with Crippen LogP contribution in [0.4, 0.5) is 17.2 Å². The Hall–Kier alpha value is -3.03. The summed E-state index contributed by atoms with van der Waals surface area (Å²) >= 11 is 0. The van der Waals surface area contributed by atoms with Crippen LogP contribution in [-0.2, 0) is 9.59 Å². The van der Waals surface area contributed by atoms with E-state index < -0.39 is 12.1 Å². The summed E-state index contributed by atoms with van der Waals surface area (Å²) in [5.41, 5.74) is 1.26. The molecule has 0 radical (unpaired) electrons. The van der Waals surface area contributed by atoms with E-state index >= 15 is 0 Å². The molecule has 8 nitrogen and oxygen atoms in total. The molecule has 0 aliphatic carbocycles. The van der Waals surface area contributed by atoms with Crippen LogP contribution in [0, 0.1) is 6.92 Å². The molecule has 2 unspecified atom stereocenters. The minimum Gasteiger partial charge on any atom is -0.479 e. The molecule has 1 aromatic heterocycles. The molecule has 2 heterocycles. The molecule has 24 heavy (non-hydrogen) atoms. The Labute approximate surface area is 138 Å². The Morgan fingerprint density at radius 1 is 1.38 bits per heavy atom. The van der Waals surface area contributed by atoms with E-state index in [2.05, 4.69) is 21.1 Å². The van der Waals surface area contributed by atoms with Crippen molar-refractivity contribution in [3.63, 3.8) is 0 Å². The van der Waals surface area contributed by atoms with Crippen LogP contribution < -0.4 is 20.7 Å². The second kappa shape index (κ2) is 6.23. The van der Waals surface area contributed by atoms with Crippen LogP contribution >= 0.6 is 0 Å². The Morgan fingerprint density at radius 3 is 2.88 bits per heavy atom. The highest BCUT2D eigenvalue weighted by Gasteiger charge is 2.24. The number of nitrogens with one attached hydrogen (secondary N) is 3. The molecule has 3 rings (SSSR count). The molecule has 1 aliphatic heterocycles. The van der Waals surface area contributed by atoms with E-state index in [1.807, 2.05) is 0 Å². The number of amides is 2. The van der Waals surface area contributed by atoms with E-state index in [1.165, 1.54) is 0 Å². The Bertz CT molecular complexity index is 786. The summed E-state index contributed by atoms with van der Waals surface area (Å²) in [4.78, 5) is 23.8. The number of aromatic nitrogens is 1. The van der Waals surface area contributed by atoms with Crippen molar-refractivity contribution in [1.82, 2.24) is 5.16 Å². The molecule has 2 aromatic rings. The van der Waals surface area contributed by atoms with Crippen molar-refractivity contribution in [3.05, 3.63) is 30.0 Å². The first-order chi connectivity index (χ1) is 11.4. The molecule has 3 N–H and O–H groups in total. The van der Waals surface area contributed by atoms with E-state index in [0.29, 0.717) is 28.7 Å². The number of fused-ring (bicyclic) bond motifs is 1. The van der Waals surface area contributed by atoms with Gasteiger partial charge in [0.15, 0.2) is 11.9 Å². The summed E-state index contributed by atoms with van der Waals surface area (Å²) < 4.78 is 10.4. The number of rotatable bonds is 4. The van der Waals surface area contributed by atoms with Gasteiger partial charge in [0.25, 0.3) is 5.91 Å². The lowest BCUT2D eigenvalue weighted by Gasteiger charge is -2.24. The number of hydrogen-bond acceptors (Lipinski definition) is 6. The molecule has 1 aliphatic rings. The Kier molecular flexibility index (Phi) is 4.11. The fourth-order valence-electron chi connectivity index (χ4n) is 2.27. The lowest BCUT2D eigenvalue weighted by atomic mass is 10.2. The summed E-state index contributed by atoms with van der Waals surface area (Å²) in [5, 5.41) is 12.2. The summed E-state index contributed by atoms with van der Waals surface area (Å²) in [7, 11) is 0. The van der Waals surface area contributed by atoms with E-state index in [4.69, 9.17) is 9.26 Å². The number of aryl methyl sites for hydroxylation is 1. The summed E-state index contributed by atoms with van der Waals surface area (Å²) in [6.45, 7) is 5.15. The molecule has 0 fully saturated rings. The summed E-state index contributed by atoms with van der Waals surface area (Å²) in [6.07, 6.45) is -0.521. The number of ether oxygens (including phenoxy) is 1. The van der Waals surface area contributed by atoms with Crippen LogP contribution in [0.1, 0.15) is 19.6 Å². The highest BCUT2D eigenvalue weighted by atomic mass is 16.5. The van der Waals surface area contributed by atoms with Crippen LogP contribution in [0.5, 0.6) is 5.75 Å². The van der Waals surface area contributed by atoms with Gasteiger partial charge in [-0.15, -0.1) is 0 Å². The molecule has 0 saturated carbocycles. The minimum atomic E-state index is -0.521. The van der Waals surface area contributed by atoms with Crippen molar-refractivity contribution in [3.8, 4) is 5.75 Å². The van der Waals surface area contributed by atoms with Gasteiger partial charge in [-0.1, -0.05) is 5.16 Å². The average molecular weight is 330 g/mol. The monoisotopic (exact) mass is 330 g/mol. The predicted octanol–water partition coefficient (Wildman–Crippen LogP) is 2.14. The quantitative estimate of drug-likeness (QED) is 0.793. The van der Waals surface area contributed by atoms with Gasteiger partial charge in [-0.3, -0.25) is 9.59 Å². The van der Waals surface area contributed by atoms with Crippen LogP contribution in [0.25, 0.3) is 0 Å². The molecule has 0 saturated heterocycles. The third kappa shape index (κ3) is 3.32. The van der Waals surface area contributed by atoms with Crippen LogP contribution in [0.2, 0.25) is 0 Å². The molecule has 1 aromatic carbocycles. The Balaban J connectivity index is 1.66.